The first-order chi connectivity index (χ1) is 12.6. The van der Waals surface area contributed by atoms with Crippen molar-refractivity contribution in [2.75, 3.05) is 31.1 Å². The number of benzene rings is 1. The number of hydrogen-bond donors (Lipinski definition) is 2. The Kier molecular flexibility index (Phi) is 5.13. The van der Waals surface area contributed by atoms with Crippen molar-refractivity contribution in [2.24, 2.45) is 10.9 Å². The molecule has 1 aromatic heterocycles. The molecule has 1 unspecified atom stereocenters. The van der Waals surface area contributed by atoms with Gasteiger partial charge in [0.15, 0.2) is 5.82 Å². The summed E-state index contributed by atoms with van der Waals surface area (Å²) in [5.74, 6) is 1.61. The summed E-state index contributed by atoms with van der Waals surface area (Å²) in [7, 11) is 0. The third-order valence-electron chi connectivity index (χ3n) is 4.81. The van der Waals surface area contributed by atoms with Crippen LogP contribution in [0.1, 0.15) is 11.6 Å². The molecule has 1 saturated heterocycles. The van der Waals surface area contributed by atoms with Gasteiger partial charge in [-0.05, 0) is 18.2 Å². The monoisotopic (exact) mass is 389 g/mol. The summed E-state index contributed by atoms with van der Waals surface area (Å²) in [6.07, 6.45) is 3.05. The first kappa shape index (κ1) is 17.7. The van der Waals surface area contributed by atoms with E-state index in [9.17, 15) is 5.11 Å². The number of nitrogen functional groups attached to an aromatic ring is 1. The predicted octanol–water partition coefficient (Wildman–Crippen LogP) is 2.60. The molecule has 0 spiro atoms. The van der Waals surface area contributed by atoms with Gasteiger partial charge in [0, 0.05) is 47.4 Å². The van der Waals surface area contributed by atoms with E-state index in [0.29, 0.717) is 18.1 Å². The molecule has 0 radical (unpaired) electrons. The van der Waals surface area contributed by atoms with Gasteiger partial charge in [-0.15, -0.1) is 11.8 Å². The van der Waals surface area contributed by atoms with E-state index < -0.39 is 0 Å². The summed E-state index contributed by atoms with van der Waals surface area (Å²) >= 11 is 7.77. The maximum Gasteiger partial charge on any atom is 0.153 e. The number of aromatic nitrogens is 2. The first-order valence-electron chi connectivity index (χ1n) is 8.53. The summed E-state index contributed by atoms with van der Waals surface area (Å²) in [6.45, 7) is 2.30. The fraction of sp³-hybridized carbons (Fsp3) is 0.389. The zero-order valence-corrected chi connectivity index (χ0v) is 15.7. The molecule has 3 N–H and O–H groups in total. The summed E-state index contributed by atoms with van der Waals surface area (Å²) in [5, 5.41) is 11.2. The summed E-state index contributed by atoms with van der Waals surface area (Å²) in [6, 6.07) is 7.83. The lowest BCUT2D eigenvalue weighted by molar-refractivity contribution is 0.150. The Bertz CT molecular complexity index is 833. The summed E-state index contributed by atoms with van der Waals surface area (Å²) < 4.78 is 0. The van der Waals surface area contributed by atoms with Crippen LogP contribution in [0.4, 0.5) is 11.5 Å². The Balaban J connectivity index is 1.35. The summed E-state index contributed by atoms with van der Waals surface area (Å²) in [5.41, 5.74) is 7.43. The minimum absolute atomic E-state index is 0.0989. The predicted molar refractivity (Wildman–Crippen MR) is 105 cm³/mol. The highest BCUT2D eigenvalue weighted by molar-refractivity contribution is 7.99. The van der Waals surface area contributed by atoms with Crippen molar-refractivity contribution < 1.29 is 5.11 Å². The van der Waals surface area contributed by atoms with E-state index in [0.717, 1.165) is 34.5 Å². The second-order valence-corrected chi connectivity index (χ2v) is 8.22. The van der Waals surface area contributed by atoms with E-state index in [-0.39, 0.29) is 17.9 Å². The van der Waals surface area contributed by atoms with Gasteiger partial charge in [-0.2, -0.15) is 0 Å². The number of aliphatic imine (C=N–C) groups is 1. The minimum Gasteiger partial charge on any atom is -0.391 e. The van der Waals surface area contributed by atoms with Crippen LogP contribution in [-0.2, 0) is 0 Å². The number of rotatable bonds is 5. The molecule has 0 bridgehead atoms. The maximum atomic E-state index is 10.4. The Morgan fingerprint density at radius 3 is 3.04 bits per heavy atom. The normalized spacial score (nSPS) is 24.9. The van der Waals surface area contributed by atoms with Crippen molar-refractivity contribution >= 4 is 41.1 Å². The van der Waals surface area contributed by atoms with Gasteiger partial charge < -0.3 is 10.8 Å². The Hall–Kier alpha value is -1.67. The molecular formula is C18H20ClN5OS. The summed E-state index contributed by atoms with van der Waals surface area (Å²) in [4.78, 5) is 16.1. The molecule has 6 nitrogen and oxygen atoms in total. The highest BCUT2D eigenvalue weighted by atomic mass is 35.5. The molecule has 0 amide bonds. The van der Waals surface area contributed by atoms with E-state index in [1.54, 1.807) is 11.8 Å². The second-order valence-electron chi connectivity index (χ2n) is 6.69. The number of nitrogens with zero attached hydrogens (tertiary/aromatic N) is 4. The van der Waals surface area contributed by atoms with Crippen LogP contribution in [-0.4, -0.2) is 57.7 Å². The van der Waals surface area contributed by atoms with E-state index in [1.165, 1.54) is 6.33 Å². The number of likely N-dealkylation sites (tertiary alicyclic amines) is 1. The molecule has 136 valence electrons. The quantitative estimate of drug-likeness (QED) is 0.764. The van der Waals surface area contributed by atoms with Gasteiger partial charge in [0.05, 0.1) is 17.7 Å². The lowest BCUT2D eigenvalue weighted by Crippen LogP contribution is -2.27. The van der Waals surface area contributed by atoms with Gasteiger partial charge in [0.2, 0.25) is 0 Å². The van der Waals surface area contributed by atoms with Crippen molar-refractivity contribution in [2.45, 2.75) is 16.9 Å². The van der Waals surface area contributed by atoms with Gasteiger partial charge in [-0.1, -0.05) is 17.7 Å². The van der Waals surface area contributed by atoms with Gasteiger partial charge in [-0.25, -0.2) is 9.97 Å². The van der Waals surface area contributed by atoms with Crippen molar-refractivity contribution in [1.29, 1.82) is 0 Å². The number of fused-ring (bicyclic) bond motifs is 1. The Morgan fingerprint density at radius 2 is 2.19 bits per heavy atom. The molecule has 3 atom stereocenters. The number of aliphatic hydroxyl groups is 1. The molecule has 0 aliphatic carbocycles. The van der Waals surface area contributed by atoms with Crippen LogP contribution in [0.3, 0.4) is 0 Å². The fourth-order valence-electron chi connectivity index (χ4n) is 3.47. The van der Waals surface area contributed by atoms with Gasteiger partial charge >= 0.3 is 0 Å². The highest BCUT2D eigenvalue weighted by Gasteiger charge is 2.34. The minimum atomic E-state index is -0.324. The molecule has 3 heterocycles. The third-order valence-corrected chi connectivity index (χ3v) is 6.23. The van der Waals surface area contributed by atoms with Crippen molar-refractivity contribution in [1.82, 2.24) is 14.9 Å². The number of nitrogens with two attached hydrogens (primary N) is 1. The Labute approximate surface area is 161 Å². The van der Waals surface area contributed by atoms with E-state index in [2.05, 4.69) is 19.9 Å². The van der Waals surface area contributed by atoms with E-state index in [4.69, 9.17) is 17.3 Å². The SMILES string of the molecule is Nc1ncnc2c1N=CC2CN1C[C@H](CSc2cccc(Cl)c2)[C@@H](O)C1. The van der Waals surface area contributed by atoms with Crippen molar-refractivity contribution in [3.05, 3.63) is 41.3 Å². The Morgan fingerprint density at radius 1 is 1.31 bits per heavy atom. The molecule has 8 heteroatoms. The zero-order chi connectivity index (χ0) is 18.1. The largest absolute Gasteiger partial charge is 0.391 e. The number of aliphatic hydroxyl groups excluding tert-OH is 1. The molecule has 4 rings (SSSR count). The van der Waals surface area contributed by atoms with Crippen LogP contribution in [0, 0.1) is 5.92 Å². The lowest BCUT2D eigenvalue weighted by Gasteiger charge is -2.19. The molecule has 1 fully saturated rings. The third kappa shape index (κ3) is 3.71. The maximum absolute atomic E-state index is 10.4. The van der Waals surface area contributed by atoms with Crippen molar-refractivity contribution in [3.63, 3.8) is 0 Å². The van der Waals surface area contributed by atoms with Crippen LogP contribution in [0.15, 0.2) is 40.5 Å². The molecule has 1 aromatic carbocycles. The number of halogens is 1. The molecule has 2 aliphatic rings. The van der Waals surface area contributed by atoms with Crippen LogP contribution in [0.25, 0.3) is 0 Å². The number of hydrogen-bond acceptors (Lipinski definition) is 7. The molecule has 0 saturated carbocycles. The lowest BCUT2D eigenvalue weighted by atomic mass is 10.1. The highest BCUT2D eigenvalue weighted by Crippen LogP contribution is 2.35. The fourth-order valence-corrected chi connectivity index (χ4v) is 4.85. The second kappa shape index (κ2) is 7.52. The van der Waals surface area contributed by atoms with Crippen LogP contribution >= 0.6 is 23.4 Å². The van der Waals surface area contributed by atoms with E-state index in [1.807, 2.05) is 30.5 Å². The van der Waals surface area contributed by atoms with Crippen LogP contribution in [0.2, 0.25) is 5.02 Å². The average Bonchev–Trinajstić information content (AvgIpc) is 3.18. The van der Waals surface area contributed by atoms with E-state index >= 15 is 0 Å². The number of anilines is 1. The first-order valence-corrected chi connectivity index (χ1v) is 9.90. The number of β-amino-alcohol motifs (C(OH)–C–C–N with tert-alkyl or cyclic N) is 1. The number of thioether (sulfide) groups is 1. The van der Waals surface area contributed by atoms with Gasteiger partial charge in [0.25, 0.3) is 0 Å². The zero-order valence-electron chi connectivity index (χ0n) is 14.1. The molecule has 2 aromatic rings. The van der Waals surface area contributed by atoms with Gasteiger partial charge in [-0.3, -0.25) is 9.89 Å². The van der Waals surface area contributed by atoms with Crippen LogP contribution in [0.5, 0.6) is 0 Å². The molecule has 26 heavy (non-hydrogen) atoms. The van der Waals surface area contributed by atoms with Crippen LogP contribution < -0.4 is 5.73 Å². The molecule has 2 aliphatic heterocycles. The van der Waals surface area contributed by atoms with Gasteiger partial charge in [0.1, 0.15) is 12.0 Å². The molecular weight excluding hydrogens is 370 g/mol. The van der Waals surface area contributed by atoms with Crippen molar-refractivity contribution in [3.8, 4) is 0 Å². The standard InChI is InChI=1S/C18H20ClN5OS/c19-13-2-1-3-14(4-13)26-9-12-7-24(8-15(12)25)6-11-5-21-17-16(11)22-10-23-18(17)20/h1-5,10-12,15,25H,6-9H2,(H2,20,22,23)/t11?,12-,15+/m1/s1. The smallest absolute Gasteiger partial charge is 0.153 e. The average molecular weight is 390 g/mol. The topological polar surface area (TPSA) is 87.6 Å².